The zero-order valence-electron chi connectivity index (χ0n) is 10.2. The summed E-state index contributed by atoms with van der Waals surface area (Å²) < 4.78 is 0. The maximum absolute atomic E-state index is 9.27. The Labute approximate surface area is 116 Å². The molecule has 0 unspecified atom stereocenters. The summed E-state index contributed by atoms with van der Waals surface area (Å²) in [6, 6.07) is 12.0. The molecule has 1 aromatic heterocycles. The molecule has 0 atom stereocenters. The molecular weight excluding hydrogens is 262 g/mol. The van der Waals surface area contributed by atoms with Crippen molar-refractivity contribution in [1.29, 1.82) is 5.26 Å². The lowest BCUT2D eigenvalue weighted by Gasteiger charge is -2.06. The van der Waals surface area contributed by atoms with Crippen LogP contribution in [0.5, 0.6) is 0 Å². The highest BCUT2D eigenvalue weighted by atomic mass is 35.5. The van der Waals surface area contributed by atoms with E-state index in [0.717, 1.165) is 10.4 Å². The van der Waals surface area contributed by atoms with Crippen LogP contribution < -0.4 is 0 Å². The van der Waals surface area contributed by atoms with Gasteiger partial charge in [-0.05, 0) is 42.0 Å². The zero-order chi connectivity index (χ0) is 13.1. The zero-order valence-corrected chi connectivity index (χ0v) is 11.8. The molecule has 0 radical (unpaired) electrons. The molecule has 0 N–H and O–H groups in total. The Kier molecular flexibility index (Phi) is 3.86. The Hall–Kier alpha value is -1.56. The highest BCUT2D eigenvalue weighted by molar-refractivity contribution is 7.11. The minimum Gasteiger partial charge on any atom is -0.192 e. The van der Waals surface area contributed by atoms with Crippen LogP contribution in [0, 0.1) is 25.2 Å². The number of nitriles is 1. The standard InChI is InChI=1S/C15H12ClNS/c1-10-5-6-12(8-11(10)2)15(16)13(9-17)14-4-3-7-18-14/h3-8H,1-2H3/b15-13-. The molecule has 0 aliphatic rings. The number of halogens is 1. The van der Waals surface area contributed by atoms with Crippen LogP contribution in [0.3, 0.4) is 0 Å². The van der Waals surface area contributed by atoms with E-state index in [0.29, 0.717) is 10.6 Å². The third-order valence-corrected chi connectivity index (χ3v) is 4.15. The van der Waals surface area contributed by atoms with Crippen molar-refractivity contribution in [2.45, 2.75) is 13.8 Å². The summed E-state index contributed by atoms with van der Waals surface area (Å²) in [5.41, 5.74) is 3.83. The number of benzene rings is 1. The fraction of sp³-hybridized carbons (Fsp3) is 0.133. The molecule has 0 amide bonds. The summed E-state index contributed by atoms with van der Waals surface area (Å²) in [6.07, 6.45) is 0. The van der Waals surface area contributed by atoms with E-state index < -0.39 is 0 Å². The topological polar surface area (TPSA) is 23.8 Å². The lowest BCUT2D eigenvalue weighted by molar-refractivity contribution is 1.33. The van der Waals surface area contributed by atoms with Gasteiger partial charge in [0.25, 0.3) is 0 Å². The molecule has 2 rings (SSSR count). The number of hydrogen-bond donors (Lipinski definition) is 0. The first-order valence-corrected chi connectivity index (χ1v) is 6.80. The SMILES string of the molecule is Cc1ccc(/C(Cl)=C(\C#N)c2cccs2)cc1C. The minimum absolute atomic E-state index is 0.517. The third kappa shape index (κ3) is 2.48. The molecule has 1 heterocycles. The van der Waals surface area contributed by atoms with Crippen molar-refractivity contribution >= 4 is 33.5 Å². The molecule has 0 spiro atoms. The van der Waals surface area contributed by atoms with Gasteiger partial charge in [-0.2, -0.15) is 5.26 Å². The number of allylic oxidation sites excluding steroid dienone is 1. The van der Waals surface area contributed by atoms with Crippen molar-refractivity contribution in [2.24, 2.45) is 0 Å². The lowest BCUT2D eigenvalue weighted by Crippen LogP contribution is -1.87. The van der Waals surface area contributed by atoms with Crippen molar-refractivity contribution in [1.82, 2.24) is 0 Å². The average molecular weight is 274 g/mol. The second kappa shape index (κ2) is 5.39. The van der Waals surface area contributed by atoms with Crippen molar-refractivity contribution in [2.75, 3.05) is 0 Å². The summed E-state index contributed by atoms with van der Waals surface area (Å²) in [6.45, 7) is 4.10. The van der Waals surface area contributed by atoms with Crippen LogP contribution in [0.2, 0.25) is 0 Å². The monoisotopic (exact) mass is 273 g/mol. The van der Waals surface area contributed by atoms with Gasteiger partial charge < -0.3 is 0 Å². The van der Waals surface area contributed by atoms with E-state index in [9.17, 15) is 5.26 Å². The number of rotatable bonds is 2. The molecule has 3 heteroatoms. The molecule has 0 bridgehead atoms. The quantitative estimate of drug-likeness (QED) is 0.707. The molecule has 0 aliphatic carbocycles. The van der Waals surface area contributed by atoms with Gasteiger partial charge in [0.05, 0.1) is 10.6 Å². The Morgan fingerprint density at radius 3 is 2.56 bits per heavy atom. The smallest absolute Gasteiger partial charge is 0.102 e. The number of aryl methyl sites for hydroxylation is 2. The molecular formula is C15H12ClNS. The van der Waals surface area contributed by atoms with Crippen LogP contribution in [0.15, 0.2) is 35.7 Å². The molecule has 0 saturated carbocycles. The van der Waals surface area contributed by atoms with Crippen molar-refractivity contribution in [3.8, 4) is 6.07 Å². The van der Waals surface area contributed by atoms with E-state index in [1.165, 1.54) is 22.5 Å². The van der Waals surface area contributed by atoms with Crippen molar-refractivity contribution < 1.29 is 0 Å². The Bertz CT molecular complexity index is 633. The summed E-state index contributed by atoms with van der Waals surface area (Å²) >= 11 is 7.87. The summed E-state index contributed by atoms with van der Waals surface area (Å²) in [7, 11) is 0. The summed E-state index contributed by atoms with van der Waals surface area (Å²) in [5.74, 6) is 0. The maximum atomic E-state index is 9.27. The van der Waals surface area contributed by atoms with Crippen LogP contribution in [-0.4, -0.2) is 0 Å². The maximum Gasteiger partial charge on any atom is 0.102 e. The predicted octanol–water partition coefficient (Wildman–Crippen LogP) is 5.00. The second-order valence-corrected chi connectivity index (χ2v) is 5.40. The summed E-state index contributed by atoms with van der Waals surface area (Å²) in [5, 5.41) is 11.7. The van der Waals surface area contributed by atoms with Gasteiger partial charge in [-0.1, -0.05) is 35.9 Å². The van der Waals surface area contributed by atoms with Gasteiger partial charge >= 0.3 is 0 Å². The second-order valence-electron chi connectivity index (χ2n) is 4.08. The number of hydrogen-bond acceptors (Lipinski definition) is 2. The van der Waals surface area contributed by atoms with Gasteiger partial charge in [-0.15, -0.1) is 11.3 Å². The normalized spacial score (nSPS) is 11.9. The first-order valence-electron chi connectivity index (χ1n) is 5.55. The molecule has 18 heavy (non-hydrogen) atoms. The van der Waals surface area contributed by atoms with Crippen LogP contribution in [0.25, 0.3) is 10.6 Å². The highest BCUT2D eigenvalue weighted by Crippen LogP contribution is 2.32. The predicted molar refractivity (Wildman–Crippen MR) is 78.5 cm³/mol. The molecule has 0 fully saturated rings. The van der Waals surface area contributed by atoms with Crippen molar-refractivity contribution in [3.63, 3.8) is 0 Å². The van der Waals surface area contributed by atoms with Crippen LogP contribution in [-0.2, 0) is 0 Å². The van der Waals surface area contributed by atoms with Gasteiger partial charge in [-0.3, -0.25) is 0 Å². The Balaban J connectivity index is 2.54. The Morgan fingerprint density at radius 1 is 1.22 bits per heavy atom. The molecule has 0 aliphatic heterocycles. The van der Waals surface area contributed by atoms with E-state index in [-0.39, 0.29) is 0 Å². The van der Waals surface area contributed by atoms with E-state index in [4.69, 9.17) is 11.6 Å². The van der Waals surface area contributed by atoms with E-state index >= 15 is 0 Å². The summed E-state index contributed by atoms with van der Waals surface area (Å²) in [4.78, 5) is 0.903. The fourth-order valence-electron chi connectivity index (χ4n) is 1.66. The first-order chi connectivity index (χ1) is 8.63. The van der Waals surface area contributed by atoms with E-state index in [1.807, 2.05) is 42.6 Å². The molecule has 1 nitrogen and oxygen atoms in total. The van der Waals surface area contributed by atoms with Crippen LogP contribution in [0.4, 0.5) is 0 Å². The molecule has 90 valence electrons. The van der Waals surface area contributed by atoms with Crippen LogP contribution >= 0.6 is 22.9 Å². The van der Waals surface area contributed by atoms with E-state index in [2.05, 4.69) is 13.0 Å². The van der Waals surface area contributed by atoms with Gasteiger partial charge in [0, 0.05) is 4.88 Å². The number of nitrogens with zero attached hydrogens (tertiary/aromatic N) is 1. The lowest BCUT2D eigenvalue weighted by atomic mass is 10.0. The van der Waals surface area contributed by atoms with Crippen molar-refractivity contribution in [3.05, 3.63) is 57.3 Å². The molecule has 1 aromatic carbocycles. The minimum atomic E-state index is 0.517. The fourth-order valence-corrected chi connectivity index (χ4v) is 2.70. The average Bonchev–Trinajstić information content (AvgIpc) is 2.87. The molecule has 0 saturated heterocycles. The third-order valence-electron chi connectivity index (χ3n) is 2.86. The number of thiophene rings is 1. The van der Waals surface area contributed by atoms with Gasteiger partial charge in [0.1, 0.15) is 6.07 Å². The first kappa shape index (κ1) is 12.9. The molecule has 2 aromatic rings. The van der Waals surface area contributed by atoms with Gasteiger partial charge in [0.15, 0.2) is 0 Å². The largest absolute Gasteiger partial charge is 0.192 e. The van der Waals surface area contributed by atoms with Crippen LogP contribution in [0.1, 0.15) is 21.6 Å². The van der Waals surface area contributed by atoms with Gasteiger partial charge in [-0.25, -0.2) is 0 Å². The highest BCUT2D eigenvalue weighted by Gasteiger charge is 2.10. The van der Waals surface area contributed by atoms with Gasteiger partial charge in [0.2, 0.25) is 0 Å². The van der Waals surface area contributed by atoms with E-state index in [1.54, 1.807) is 0 Å². The Morgan fingerprint density at radius 2 is 2.00 bits per heavy atom.